The van der Waals surface area contributed by atoms with Gasteiger partial charge in [-0.25, -0.2) is 9.07 Å². The van der Waals surface area contributed by atoms with Crippen LogP contribution in [0.25, 0.3) is 5.69 Å². The van der Waals surface area contributed by atoms with Gasteiger partial charge in [0, 0.05) is 11.4 Å². The summed E-state index contributed by atoms with van der Waals surface area (Å²) in [5.74, 6) is 0.0452. The zero-order chi connectivity index (χ0) is 17.0. The maximum atomic E-state index is 14.3. The Kier molecular flexibility index (Phi) is 7.72. The van der Waals surface area contributed by atoms with E-state index in [0.717, 1.165) is 17.1 Å². The molecular weight excluding hydrogens is 351 g/mol. The SMILES string of the molecule is CSCC[C@H](N)C(=O)Nc1ccc(-n2nc(C)cc2C)c(F)c1.Cl. The van der Waals surface area contributed by atoms with Gasteiger partial charge in [-0.05, 0) is 56.5 Å². The quantitative estimate of drug-likeness (QED) is 0.817. The zero-order valence-electron chi connectivity index (χ0n) is 13.9. The number of hydrogen-bond acceptors (Lipinski definition) is 4. The first-order valence-electron chi connectivity index (χ1n) is 7.31. The van der Waals surface area contributed by atoms with Crippen LogP contribution in [-0.2, 0) is 4.79 Å². The summed E-state index contributed by atoms with van der Waals surface area (Å²) >= 11 is 1.63. The number of nitrogens with two attached hydrogens (primary N) is 1. The predicted octanol–water partition coefficient (Wildman–Crippen LogP) is 3.07. The van der Waals surface area contributed by atoms with Gasteiger partial charge < -0.3 is 11.1 Å². The third kappa shape index (κ3) is 4.96. The molecule has 1 heterocycles. The second-order valence-corrected chi connectivity index (χ2v) is 6.37. The zero-order valence-corrected chi connectivity index (χ0v) is 15.5. The summed E-state index contributed by atoms with van der Waals surface area (Å²) < 4.78 is 15.9. The number of anilines is 1. The Morgan fingerprint density at radius 3 is 2.67 bits per heavy atom. The minimum Gasteiger partial charge on any atom is -0.325 e. The number of nitrogens with zero attached hydrogens (tertiary/aromatic N) is 2. The molecule has 0 bridgehead atoms. The fourth-order valence-electron chi connectivity index (χ4n) is 2.24. The Morgan fingerprint density at radius 2 is 2.12 bits per heavy atom. The summed E-state index contributed by atoms with van der Waals surface area (Å²) in [4.78, 5) is 12.0. The Hall–Kier alpha value is -1.57. The van der Waals surface area contributed by atoms with Crippen LogP contribution in [-0.4, -0.2) is 33.7 Å². The van der Waals surface area contributed by atoms with Crippen LogP contribution in [0.15, 0.2) is 24.3 Å². The van der Waals surface area contributed by atoms with Gasteiger partial charge in [-0.1, -0.05) is 0 Å². The first-order chi connectivity index (χ1) is 10.9. The molecule has 0 saturated heterocycles. The van der Waals surface area contributed by atoms with E-state index >= 15 is 0 Å². The number of halogens is 2. The number of amides is 1. The van der Waals surface area contributed by atoms with Gasteiger partial charge in [0.05, 0.1) is 11.7 Å². The van der Waals surface area contributed by atoms with E-state index in [0.29, 0.717) is 17.8 Å². The number of benzene rings is 1. The van der Waals surface area contributed by atoms with E-state index in [2.05, 4.69) is 10.4 Å². The normalized spacial score (nSPS) is 11.7. The third-order valence-electron chi connectivity index (χ3n) is 3.42. The summed E-state index contributed by atoms with van der Waals surface area (Å²) in [7, 11) is 0. The fourth-order valence-corrected chi connectivity index (χ4v) is 2.73. The highest BCUT2D eigenvalue weighted by atomic mass is 35.5. The minimum atomic E-state index is -0.596. The monoisotopic (exact) mass is 372 g/mol. The molecule has 0 fully saturated rings. The van der Waals surface area contributed by atoms with Crippen LogP contribution in [0.1, 0.15) is 17.8 Å². The van der Waals surface area contributed by atoms with Crippen LogP contribution >= 0.6 is 24.2 Å². The first-order valence-corrected chi connectivity index (χ1v) is 8.70. The number of aryl methyl sites for hydroxylation is 2. The number of rotatable bonds is 6. The average molecular weight is 373 g/mol. The van der Waals surface area contributed by atoms with Crippen LogP contribution in [0.2, 0.25) is 0 Å². The molecule has 2 rings (SSSR count). The Morgan fingerprint density at radius 1 is 1.42 bits per heavy atom. The van der Waals surface area contributed by atoms with Gasteiger partial charge in [0.1, 0.15) is 5.69 Å². The van der Waals surface area contributed by atoms with Crippen molar-refractivity contribution in [2.45, 2.75) is 26.3 Å². The maximum absolute atomic E-state index is 14.3. The number of carbonyl (C=O) groups is 1. The van der Waals surface area contributed by atoms with E-state index in [-0.39, 0.29) is 18.3 Å². The molecule has 1 atom stereocenters. The van der Waals surface area contributed by atoms with Crippen molar-refractivity contribution in [3.63, 3.8) is 0 Å². The van der Waals surface area contributed by atoms with Gasteiger partial charge in [-0.15, -0.1) is 12.4 Å². The number of carbonyl (C=O) groups excluding carboxylic acids is 1. The third-order valence-corrected chi connectivity index (χ3v) is 4.07. The van der Waals surface area contributed by atoms with Gasteiger partial charge >= 0.3 is 0 Å². The minimum absolute atomic E-state index is 0. The molecule has 3 N–H and O–H groups in total. The molecular formula is C16H22ClFN4OS. The molecule has 2 aromatic rings. The van der Waals surface area contributed by atoms with Crippen LogP contribution in [0.5, 0.6) is 0 Å². The standard InChI is InChI=1S/C16H21FN4OS.ClH/c1-10-8-11(2)21(20-10)15-5-4-12(9-13(15)17)19-16(22)14(18)6-7-23-3;/h4-5,8-9,14H,6-7,18H2,1-3H3,(H,19,22);1H/t14-;/m0./s1. The Balaban J connectivity index is 0.00000288. The Bertz CT molecular complexity index is 707. The first kappa shape index (κ1) is 20.5. The van der Waals surface area contributed by atoms with E-state index in [1.165, 1.54) is 6.07 Å². The Labute approximate surface area is 151 Å². The van der Waals surface area contributed by atoms with Crippen molar-refractivity contribution in [3.05, 3.63) is 41.5 Å². The highest BCUT2D eigenvalue weighted by Gasteiger charge is 2.15. The van der Waals surface area contributed by atoms with Crippen molar-refractivity contribution in [1.82, 2.24) is 9.78 Å². The van der Waals surface area contributed by atoms with Gasteiger partial charge in [0.2, 0.25) is 5.91 Å². The van der Waals surface area contributed by atoms with Crippen molar-refractivity contribution < 1.29 is 9.18 Å². The molecule has 1 aromatic carbocycles. The molecule has 0 spiro atoms. The lowest BCUT2D eigenvalue weighted by atomic mass is 10.2. The van der Waals surface area contributed by atoms with Crippen LogP contribution in [0.4, 0.5) is 10.1 Å². The van der Waals surface area contributed by atoms with Crippen molar-refractivity contribution >= 4 is 35.8 Å². The van der Waals surface area contributed by atoms with Crippen molar-refractivity contribution in [2.75, 3.05) is 17.3 Å². The van der Waals surface area contributed by atoms with Crippen LogP contribution in [0.3, 0.4) is 0 Å². The summed E-state index contributed by atoms with van der Waals surface area (Å²) in [5, 5.41) is 6.91. The smallest absolute Gasteiger partial charge is 0.241 e. The highest BCUT2D eigenvalue weighted by Crippen LogP contribution is 2.20. The molecule has 1 aromatic heterocycles. The lowest BCUT2D eigenvalue weighted by molar-refractivity contribution is -0.117. The molecule has 0 unspecified atom stereocenters. The molecule has 8 heteroatoms. The summed E-state index contributed by atoms with van der Waals surface area (Å²) in [6.07, 6.45) is 2.54. The summed E-state index contributed by atoms with van der Waals surface area (Å²) in [5.41, 5.74) is 8.20. The number of thioether (sulfide) groups is 1. The van der Waals surface area contributed by atoms with Crippen molar-refractivity contribution in [1.29, 1.82) is 0 Å². The molecule has 1 amide bonds. The lowest BCUT2D eigenvalue weighted by Gasteiger charge is -2.13. The van der Waals surface area contributed by atoms with E-state index in [9.17, 15) is 9.18 Å². The second-order valence-electron chi connectivity index (χ2n) is 5.38. The largest absolute Gasteiger partial charge is 0.325 e. The summed E-state index contributed by atoms with van der Waals surface area (Å²) in [6.45, 7) is 3.71. The molecule has 0 aliphatic heterocycles. The van der Waals surface area contributed by atoms with Gasteiger partial charge in [0.15, 0.2) is 5.82 Å². The maximum Gasteiger partial charge on any atom is 0.241 e. The van der Waals surface area contributed by atoms with Gasteiger partial charge in [-0.3, -0.25) is 4.79 Å². The fraction of sp³-hybridized carbons (Fsp3) is 0.375. The number of nitrogens with one attached hydrogen (secondary N) is 1. The van der Waals surface area contributed by atoms with E-state index < -0.39 is 11.9 Å². The van der Waals surface area contributed by atoms with Crippen molar-refractivity contribution in [2.24, 2.45) is 5.73 Å². The highest BCUT2D eigenvalue weighted by molar-refractivity contribution is 7.98. The molecule has 5 nitrogen and oxygen atoms in total. The molecule has 0 saturated carbocycles. The second kappa shape index (κ2) is 9.05. The molecule has 24 heavy (non-hydrogen) atoms. The van der Waals surface area contributed by atoms with E-state index in [1.807, 2.05) is 26.2 Å². The van der Waals surface area contributed by atoms with Crippen LogP contribution < -0.4 is 11.1 Å². The predicted molar refractivity (Wildman–Crippen MR) is 99.8 cm³/mol. The lowest BCUT2D eigenvalue weighted by Crippen LogP contribution is -2.36. The van der Waals surface area contributed by atoms with E-state index in [1.54, 1.807) is 28.6 Å². The van der Waals surface area contributed by atoms with Gasteiger partial charge in [-0.2, -0.15) is 16.9 Å². The van der Waals surface area contributed by atoms with E-state index in [4.69, 9.17) is 5.73 Å². The van der Waals surface area contributed by atoms with Gasteiger partial charge in [0.25, 0.3) is 0 Å². The molecule has 132 valence electrons. The molecule has 0 radical (unpaired) electrons. The average Bonchev–Trinajstić information content (AvgIpc) is 2.83. The van der Waals surface area contributed by atoms with Crippen molar-refractivity contribution in [3.8, 4) is 5.69 Å². The molecule has 0 aliphatic rings. The topological polar surface area (TPSA) is 72.9 Å². The molecule has 0 aliphatic carbocycles. The summed E-state index contributed by atoms with van der Waals surface area (Å²) in [6, 6.07) is 5.80. The van der Waals surface area contributed by atoms with Crippen LogP contribution in [0, 0.1) is 19.7 Å². The number of hydrogen-bond donors (Lipinski definition) is 2. The number of aromatic nitrogens is 2.